The molecule has 0 aliphatic carbocycles. The number of likely N-dealkylation sites (tertiary alicyclic amines) is 1. The summed E-state index contributed by atoms with van der Waals surface area (Å²) >= 11 is 0. The number of hydrogen-bond acceptors (Lipinski definition) is 3. The Bertz CT molecular complexity index is 728. The molecule has 1 aliphatic heterocycles. The first kappa shape index (κ1) is 20.2. The second kappa shape index (κ2) is 8.98. The minimum absolute atomic E-state index is 0.550. The number of allylic oxidation sites excluding steroid dienone is 3. The van der Waals surface area contributed by atoms with Crippen molar-refractivity contribution in [1.29, 1.82) is 0 Å². The Morgan fingerprint density at radius 1 is 1.19 bits per heavy atom. The van der Waals surface area contributed by atoms with Crippen molar-refractivity contribution < 1.29 is 0 Å². The molecule has 0 radical (unpaired) electrons. The van der Waals surface area contributed by atoms with Crippen molar-refractivity contribution in [2.75, 3.05) is 13.1 Å². The van der Waals surface area contributed by atoms with Crippen LogP contribution in [0.4, 0.5) is 0 Å². The van der Waals surface area contributed by atoms with E-state index in [-0.39, 0.29) is 0 Å². The molecule has 0 aromatic carbocycles. The number of hydrogen-bond donors (Lipinski definition) is 0. The highest BCUT2D eigenvalue weighted by Gasteiger charge is 2.24. The maximum atomic E-state index is 4.83. The minimum atomic E-state index is 0.550. The van der Waals surface area contributed by atoms with Gasteiger partial charge in [0.15, 0.2) is 0 Å². The lowest BCUT2D eigenvalue weighted by Crippen LogP contribution is -2.33. The summed E-state index contributed by atoms with van der Waals surface area (Å²) in [5, 5.41) is 0. The van der Waals surface area contributed by atoms with Crippen molar-refractivity contribution in [2.24, 2.45) is 4.99 Å². The molecular weight excluding hydrogens is 318 g/mol. The third-order valence-corrected chi connectivity index (χ3v) is 5.43. The molecular formula is C23H33N3. The van der Waals surface area contributed by atoms with Gasteiger partial charge in [-0.15, -0.1) is 0 Å². The highest BCUT2D eigenvalue weighted by molar-refractivity contribution is 5.49. The molecule has 1 fully saturated rings. The predicted molar refractivity (Wildman–Crippen MR) is 113 cm³/mol. The number of aryl methyl sites for hydroxylation is 1. The topological polar surface area (TPSA) is 28.5 Å². The van der Waals surface area contributed by atoms with Crippen molar-refractivity contribution in [3.63, 3.8) is 0 Å². The summed E-state index contributed by atoms with van der Waals surface area (Å²) in [5.41, 5.74) is 8.19. The molecule has 0 spiro atoms. The second-order valence-electron chi connectivity index (χ2n) is 7.36. The number of pyridine rings is 1. The van der Waals surface area contributed by atoms with Crippen LogP contribution in [-0.2, 0) is 6.42 Å². The Morgan fingerprint density at radius 2 is 1.85 bits per heavy atom. The van der Waals surface area contributed by atoms with Crippen molar-refractivity contribution in [3.05, 3.63) is 64.3 Å². The number of aromatic nitrogens is 1. The Kier molecular flexibility index (Phi) is 6.96. The molecule has 1 aliphatic rings. The number of nitrogens with zero attached hydrogens (tertiary/aromatic N) is 3. The van der Waals surface area contributed by atoms with Gasteiger partial charge in [-0.1, -0.05) is 25.1 Å². The van der Waals surface area contributed by atoms with Gasteiger partial charge in [-0.05, 0) is 71.4 Å². The monoisotopic (exact) mass is 351 g/mol. The average Bonchev–Trinajstić information content (AvgIpc) is 2.67. The number of aliphatic imine (C=N–C) groups is 1. The van der Waals surface area contributed by atoms with E-state index < -0.39 is 0 Å². The van der Waals surface area contributed by atoms with Crippen LogP contribution in [0, 0.1) is 0 Å². The van der Waals surface area contributed by atoms with E-state index in [1.165, 1.54) is 28.1 Å². The lowest BCUT2D eigenvalue weighted by Gasteiger charge is -2.36. The predicted octanol–water partition coefficient (Wildman–Crippen LogP) is 5.67. The fraction of sp³-hybridized carbons (Fsp3) is 0.478. The van der Waals surface area contributed by atoms with Crippen LogP contribution in [0.15, 0.2) is 57.9 Å². The molecule has 0 atom stereocenters. The minimum Gasteiger partial charge on any atom is -0.371 e. The molecule has 2 rings (SSSR count). The zero-order valence-electron chi connectivity index (χ0n) is 17.1. The summed E-state index contributed by atoms with van der Waals surface area (Å²) in [6.07, 6.45) is 3.24. The smallest absolute Gasteiger partial charge is 0.0439 e. The molecule has 0 saturated carbocycles. The van der Waals surface area contributed by atoms with Gasteiger partial charge < -0.3 is 4.90 Å². The van der Waals surface area contributed by atoms with Gasteiger partial charge >= 0.3 is 0 Å². The van der Waals surface area contributed by atoms with Crippen LogP contribution in [0.25, 0.3) is 0 Å². The Balaban J connectivity index is 2.12. The molecule has 2 heterocycles. The standard InChI is InChI=1S/C23H33N3/c1-8-21-10-9-11-22(25-21)20-12-14-26(15-13-20)19(6)23(16(2)3)17(4)18(5)24-7/h9-11,20H,6-8,12-15H2,1-5H3/b18-17+. The summed E-state index contributed by atoms with van der Waals surface area (Å²) < 4.78 is 0. The molecule has 140 valence electrons. The van der Waals surface area contributed by atoms with E-state index in [2.05, 4.69) is 69.1 Å². The zero-order valence-corrected chi connectivity index (χ0v) is 17.1. The Hall–Kier alpha value is -2.16. The van der Waals surface area contributed by atoms with Crippen LogP contribution in [0.5, 0.6) is 0 Å². The largest absolute Gasteiger partial charge is 0.371 e. The maximum absolute atomic E-state index is 4.83. The van der Waals surface area contributed by atoms with Crippen LogP contribution in [0.1, 0.15) is 64.8 Å². The van der Waals surface area contributed by atoms with Gasteiger partial charge in [-0.2, -0.15) is 0 Å². The summed E-state index contributed by atoms with van der Waals surface area (Å²) in [5.74, 6) is 0.550. The van der Waals surface area contributed by atoms with E-state index in [0.29, 0.717) is 5.92 Å². The fourth-order valence-corrected chi connectivity index (χ4v) is 3.71. The second-order valence-corrected chi connectivity index (χ2v) is 7.36. The van der Waals surface area contributed by atoms with Gasteiger partial charge in [0, 0.05) is 47.4 Å². The Morgan fingerprint density at radius 3 is 2.38 bits per heavy atom. The number of rotatable bonds is 6. The number of piperidine rings is 1. The third-order valence-electron chi connectivity index (χ3n) is 5.43. The lowest BCUT2D eigenvalue weighted by atomic mass is 9.90. The zero-order chi connectivity index (χ0) is 19.3. The van der Waals surface area contributed by atoms with Crippen molar-refractivity contribution >= 4 is 6.72 Å². The molecule has 1 saturated heterocycles. The first-order chi connectivity index (χ1) is 12.4. The van der Waals surface area contributed by atoms with Gasteiger partial charge in [0.05, 0.1) is 0 Å². The first-order valence-corrected chi connectivity index (χ1v) is 9.61. The fourth-order valence-electron chi connectivity index (χ4n) is 3.71. The van der Waals surface area contributed by atoms with Gasteiger partial charge in [0.1, 0.15) is 0 Å². The van der Waals surface area contributed by atoms with E-state index in [9.17, 15) is 0 Å². The molecule has 0 N–H and O–H groups in total. The summed E-state index contributed by atoms with van der Waals surface area (Å²) in [6, 6.07) is 6.45. The van der Waals surface area contributed by atoms with Crippen LogP contribution >= 0.6 is 0 Å². The van der Waals surface area contributed by atoms with Crippen LogP contribution in [-0.4, -0.2) is 29.7 Å². The highest BCUT2D eigenvalue weighted by Crippen LogP contribution is 2.33. The van der Waals surface area contributed by atoms with Crippen LogP contribution < -0.4 is 0 Å². The maximum Gasteiger partial charge on any atom is 0.0439 e. The van der Waals surface area contributed by atoms with Crippen molar-refractivity contribution in [1.82, 2.24) is 9.88 Å². The van der Waals surface area contributed by atoms with Crippen molar-refractivity contribution in [3.8, 4) is 0 Å². The normalized spacial score (nSPS) is 16.1. The lowest BCUT2D eigenvalue weighted by molar-refractivity contribution is 0.266. The van der Waals surface area contributed by atoms with Crippen LogP contribution in [0.2, 0.25) is 0 Å². The molecule has 1 aromatic heterocycles. The van der Waals surface area contributed by atoms with Gasteiger partial charge in [0.2, 0.25) is 0 Å². The molecule has 3 heteroatoms. The van der Waals surface area contributed by atoms with E-state index >= 15 is 0 Å². The average molecular weight is 352 g/mol. The Labute approximate surface area is 159 Å². The summed E-state index contributed by atoms with van der Waals surface area (Å²) in [6.45, 7) is 20.7. The van der Waals surface area contributed by atoms with Crippen molar-refractivity contribution in [2.45, 2.75) is 59.8 Å². The molecule has 0 bridgehead atoms. The molecule has 1 aromatic rings. The van der Waals surface area contributed by atoms with E-state index in [4.69, 9.17) is 4.98 Å². The SMILES string of the molecule is C=N/C(C)=C(\C)C(C(=C)N1CCC(c2cccc(CC)n2)CC1)=C(C)C. The summed E-state index contributed by atoms with van der Waals surface area (Å²) in [4.78, 5) is 11.4. The molecule has 26 heavy (non-hydrogen) atoms. The summed E-state index contributed by atoms with van der Waals surface area (Å²) in [7, 11) is 0. The van der Waals surface area contributed by atoms with Gasteiger partial charge in [-0.25, -0.2) is 0 Å². The van der Waals surface area contributed by atoms with Gasteiger partial charge in [-0.3, -0.25) is 9.98 Å². The molecule has 0 amide bonds. The third kappa shape index (κ3) is 4.51. The quantitative estimate of drug-likeness (QED) is 0.488. The van der Waals surface area contributed by atoms with E-state index in [1.54, 1.807) is 0 Å². The van der Waals surface area contributed by atoms with E-state index in [0.717, 1.165) is 43.7 Å². The van der Waals surface area contributed by atoms with E-state index in [1.807, 2.05) is 6.92 Å². The first-order valence-electron chi connectivity index (χ1n) is 9.61. The molecule has 3 nitrogen and oxygen atoms in total. The van der Waals surface area contributed by atoms with Crippen LogP contribution in [0.3, 0.4) is 0 Å². The molecule has 0 unspecified atom stereocenters. The highest BCUT2D eigenvalue weighted by atomic mass is 15.1. The van der Waals surface area contributed by atoms with Gasteiger partial charge in [0.25, 0.3) is 0 Å².